The topological polar surface area (TPSA) is 84.3 Å². The summed E-state index contributed by atoms with van der Waals surface area (Å²) in [6.07, 6.45) is 5.11. The number of amides is 1. The third-order valence-corrected chi connectivity index (χ3v) is 8.13. The van der Waals surface area contributed by atoms with Gasteiger partial charge < -0.3 is 5.32 Å². The van der Waals surface area contributed by atoms with Gasteiger partial charge in [-0.05, 0) is 56.2 Å². The van der Waals surface area contributed by atoms with Gasteiger partial charge in [0.05, 0.1) is 16.3 Å². The minimum atomic E-state index is -3.60. The Kier molecular flexibility index (Phi) is 6.95. The van der Waals surface area contributed by atoms with E-state index in [9.17, 15) is 13.2 Å². The van der Waals surface area contributed by atoms with E-state index < -0.39 is 10.0 Å². The lowest BCUT2D eigenvalue weighted by Gasteiger charge is -2.32. The van der Waals surface area contributed by atoms with Crippen molar-refractivity contribution in [2.75, 3.05) is 11.9 Å². The average molecular weight is 467 g/mol. The first kappa shape index (κ1) is 23.2. The molecule has 1 heterocycles. The van der Waals surface area contributed by atoms with E-state index in [2.05, 4.69) is 10.4 Å². The van der Waals surface area contributed by atoms with Crippen LogP contribution in [0.25, 0.3) is 5.69 Å². The highest BCUT2D eigenvalue weighted by Crippen LogP contribution is 2.28. The zero-order valence-electron chi connectivity index (χ0n) is 19.1. The predicted octanol–water partition coefficient (Wildman–Crippen LogP) is 4.78. The Labute approximate surface area is 195 Å². The predicted molar refractivity (Wildman–Crippen MR) is 129 cm³/mol. The molecule has 0 radical (unpaired) electrons. The molecule has 1 fully saturated rings. The molecule has 0 bridgehead atoms. The lowest BCUT2D eigenvalue weighted by Crippen LogP contribution is -2.41. The lowest BCUT2D eigenvalue weighted by atomic mass is 9.95. The molecule has 4 rings (SSSR count). The number of carbonyl (C=O) groups excluding carboxylic acids is 1. The van der Waals surface area contributed by atoms with Gasteiger partial charge in [-0.1, -0.05) is 44.4 Å². The third kappa shape index (κ3) is 5.02. The van der Waals surface area contributed by atoms with Crippen molar-refractivity contribution in [3.05, 3.63) is 71.9 Å². The Bertz CT molecular complexity index is 1200. The Morgan fingerprint density at radius 2 is 1.73 bits per heavy atom. The molecule has 8 heteroatoms. The number of benzene rings is 2. The SMILES string of the molecule is CCN(C1CCCCC1)S(=O)(=O)c1ccc(C(=O)Nc2cc(C)nn2-c2ccccc2)cc1. The van der Waals surface area contributed by atoms with E-state index in [0.29, 0.717) is 17.9 Å². The first-order valence-electron chi connectivity index (χ1n) is 11.5. The van der Waals surface area contributed by atoms with E-state index >= 15 is 0 Å². The molecule has 1 aliphatic carbocycles. The summed E-state index contributed by atoms with van der Waals surface area (Å²) < 4.78 is 29.8. The van der Waals surface area contributed by atoms with Gasteiger partial charge in [0, 0.05) is 24.2 Å². The second-order valence-electron chi connectivity index (χ2n) is 8.40. The Morgan fingerprint density at radius 1 is 1.06 bits per heavy atom. The van der Waals surface area contributed by atoms with Crippen LogP contribution in [-0.4, -0.2) is 41.0 Å². The molecule has 0 atom stereocenters. The minimum Gasteiger partial charge on any atom is -0.306 e. The number of hydrogen-bond donors (Lipinski definition) is 1. The summed E-state index contributed by atoms with van der Waals surface area (Å²) in [6, 6.07) is 17.6. The second kappa shape index (κ2) is 9.89. The molecule has 0 spiro atoms. The maximum atomic E-state index is 13.3. The van der Waals surface area contributed by atoms with Crippen LogP contribution in [0.15, 0.2) is 65.6 Å². The standard InChI is InChI=1S/C25H30N4O3S/c1-3-28(21-10-6-4-7-11-21)33(31,32)23-16-14-20(15-17-23)25(30)26-24-18-19(2)27-29(24)22-12-8-5-9-13-22/h5,8-9,12-18,21H,3-4,6-7,10-11H2,1-2H3,(H,26,30). The Balaban J connectivity index is 1.52. The van der Waals surface area contributed by atoms with Crippen molar-refractivity contribution in [3.8, 4) is 5.69 Å². The van der Waals surface area contributed by atoms with Crippen molar-refractivity contribution in [2.45, 2.75) is 56.9 Å². The van der Waals surface area contributed by atoms with E-state index in [0.717, 1.165) is 37.1 Å². The smallest absolute Gasteiger partial charge is 0.256 e. The number of carbonyl (C=O) groups is 1. The van der Waals surface area contributed by atoms with Gasteiger partial charge >= 0.3 is 0 Å². The Hall–Kier alpha value is -2.97. The molecule has 0 aliphatic heterocycles. The van der Waals surface area contributed by atoms with Crippen LogP contribution < -0.4 is 5.32 Å². The van der Waals surface area contributed by atoms with Crippen LogP contribution in [-0.2, 0) is 10.0 Å². The molecule has 1 aliphatic rings. The number of aryl methyl sites for hydroxylation is 1. The molecule has 33 heavy (non-hydrogen) atoms. The van der Waals surface area contributed by atoms with Gasteiger partial charge in [0.15, 0.2) is 0 Å². The first-order valence-corrected chi connectivity index (χ1v) is 12.9. The summed E-state index contributed by atoms with van der Waals surface area (Å²) in [6.45, 7) is 4.18. The fraction of sp³-hybridized carbons (Fsp3) is 0.360. The van der Waals surface area contributed by atoms with E-state index in [1.54, 1.807) is 27.2 Å². The second-order valence-corrected chi connectivity index (χ2v) is 10.3. The number of nitrogens with one attached hydrogen (secondary N) is 1. The number of hydrogen-bond acceptors (Lipinski definition) is 4. The Morgan fingerprint density at radius 3 is 2.36 bits per heavy atom. The van der Waals surface area contributed by atoms with Gasteiger partial charge in [-0.15, -0.1) is 0 Å². The lowest BCUT2D eigenvalue weighted by molar-refractivity contribution is 0.102. The fourth-order valence-corrected chi connectivity index (χ4v) is 6.14. The number of nitrogens with zero attached hydrogens (tertiary/aromatic N) is 3. The molecule has 1 amide bonds. The van der Waals surface area contributed by atoms with E-state index in [4.69, 9.17) is 0 Å². The zero-order valence-corrected chi connectivity index (χ0v) is 19.9. The number of sulfonamides is 1. The highest BCUT2D eigenvalue weighted by molar-refractivity contribution is 7.89. The average Bonchev–Trinajstić information content (AvgIpc) is 3.20. The zero-order chi connectivity index (χ0) is 23.4. The highest BCUT2D eigenvalue weighted by atomic mass is 32.2. The molecular weight excluding hydrogens is 436 g/mol. The molecule has 0 saturated heterocycles. The monoisotopic (exact) mass is 466 g/mol. The van der Waals surface area contributed by atoms with E-state index in [-0.39, 0.29) is 16.8 Å². The quantitative estimate of drug-likeness (QED) is 0.543. The summed E-state index contributed by atoms with van der Waals surface area (Å²) >= 11 is 0. The summed E-state index contributed by atoms with van der Waals surface area (Å²) in [5.41, 5.74) is 2.00. The summed E-state index contributed by atoms with van der Waals surface area (Å²) in [7, 11) is -3.60. The number of rotatable bonds is 7. The van der Waals surface area contributed by atoms with Crippen LogP contribution >= 0.6 is 0 Å². The van der Waals surface area contributed by atoms with Crippen LogP contribution in [0.3, 0.4) is 0 Å². The van der Waals surface area contributed by atoms with Crippen LogP contribution in [0.2, 0.25) is 0 Å². The van der Waals surface area contributed by atoms with Crippen LogP contribution in [0.4, 0.5) is 5.82 Å². The third-order valence-electron chi connectivity index (χ3n) is 6.09. The molecule has 1 saturated carbocycles. The van der Waals surface area contributed by atoms with Crippen molar-refractivity contribution >= 4 is 21.7 Å². The van der Waals surface area contributed by atoms with Gasteiger partial charge in [0.25, 0.3) is 5.91 Å². The number of para-hydroxylation sites is 1. The van der Waals surface area contributed by atoms with Gasteiger partial charge in [0.1, 0.15) is 5.82 Å². The van der Waals surface area contributed by atoms with Crippen molar-refractivity contribution in [2.24, 2.45) is 0 Å². The molecule has 3 aromatic rings. The van der Waals surface area contributed by atoms with Crippen molar-refractivity contribution < 1.29 is 13.2 Å². The summed E-state index contributed by atoms with van der Waals surface area (Å²) in [4.78, 5) is 13.1. The van der Waals surface area contributed by atoms with Gasteiger partial charge in [-0.25, -0.2) is 13.1 Å². The molecule has 2 aromatic carbocycles. The van der Waals surface area contributed by atoms with Gasteiger partial charge in [-0.2, -0.15) is 9.40 Å². The van der Waals surface area contributed by atoms with E-state index in [1.807, 2.05) is 44.2 Å². The van der Waals surface area contributed by atoms with Crippen LogP contribution in [0.1, 0.15) is 55.1 Å². The summed E-state index contributed by atoms with van der Waals surface area (Å²) in [5, 5.41) is 7.36. The molecule has 1 aromatic heterocycles. The molecule has 174 valence electrons. The summed E-state index contributed by atoms with van der Waals surface area (Å²) in [5.74, 6) is 0.227. The van der Waals surface area contributed by atoms with Crippen LogP contribution in [0.5, 0.6) is 0 Å². The van der Waals surface area contributed by atoms with Crippen LogP contribution in [0, 0.1) is 6.92 Å². The maximum absolute atomic E-state index is 13.3. The molecular formula is C25H30N4O3S. The maximum Gasteiger partial charge on any atom is 0.256 e. The molecule has 1 N–H and O–H groups in total. The number of aromatic nitrogens is 2. The minimum absolute atomic E-state index is 0.0539. The molecule has 7 nitrogen and oxygen atoms in total. The van der Waals surface area contributed by atoms with E-state index in [1.165, 1.54) is 18.6 Å². The van der Waals surface area contributed by atoms with Gasteiger partial charge in [0.2, 0.25) is 10.0 Å². The van der Waals surface area contributed by atoms with Gasteiger partial charge in [-0.3, -0.25) is 4.79 Å². The normalized spacial score (nSPS) is 15.0. The largest absolute Gasteiger partial charge is 0.306 e. The fourth-order valence-electron chi connectivity index (χ4n) is 4.45. The van der Waals surface area contributed by atoms with Crippen molar-refractivity contribution in [1.82, 2.24) is 14.1 Å². The number of anilines is 1. The van der Waals surface area contributed by atoms with Crippen molar-refractivity contribution in [3.63, 3.8) is 0 Å². The first-order chi connectivity index (χ1) is 15.9. The van der Waals surface area contributed by atoms with Crippen molar-refractivity contribution in [1.29, 1.82) is 0 Å². The molecule has 0 unspecified atom stereocenters. The highest BCUT2D eigenvalue weighted by Gasteiger charge is 2.31.